The molecule has 0 unspecified atom stereocenters. The van der Waals surface area contributed by atoms with E-state index >= 15 is 0 Å². The zero-order chi connectivity index (χ0) is 12.5. The number of ether oxygens (including phenoxy) is 1. The average molecular weight is 240 g/mol. The minimum atomic E-state index is -0.413. The van der Waals surface area contributed by atoms with E-state index in [1.165, 1.54) is 19.3 Å². The van der Waals surface area contributed by atoms with E-state index in [1.807, 2.05) is 20.8 Å². The summed E-state index contributed by atoms with van der Waals surface area (Å²) < 4.78 is 5.33. The number of carbonyl (C=O) groups is 1. The fraction of sp³-hybridized carbons (Fsp3) is 0.923. The number of amides is 1. The van der Waals surface area contributed by atoms with Gasteiger partial charge in [0.1, 0.15) is 5.60 Å². The summed E-state index contributed by atoms with van der Waals surface area (Å²) in [6.45, 7) is 7.80. The van der Waals surface area contributed by atoms with Crippen molar-refractivity contribution in [3.8, 4) is 0 Å². The highest BCUT2D eigenvalue weighted by Crippen LogP contribution is 2.42. The van der Waals surface area contributed by atoms with E-state index in [4.69, 9.17) is 4.74 Å². The molecule has 1 aliphatic carbocycles. The number of nitrogens with one attached hydrogen (secondary N) is 2. The molecule has 1 saturated carbocycles. The molecule has 2 aliphatic rings. The Kier molecular flexibility index (Phi) is 3.34. The van der Waals surface area contributed by atoms with Crippen molar-refractivity contribution in [2.24, 2.45) is 5.41 Å². The lowest BCUT2D eigenvalue weighted by Gasteiger charge is -2.31. The Morgan fingerprint density at radius 1 is 1.41 bits per heavy atom. The predicted molar refractivity (Wildman–Crippen MR) is 66.9 cm³/mol. The van der Waals surface area contributed by atoms with Crippen LogP contribution < -0.4 is 10.6 Å². The summed E-state index contributed by atoms with van der Waals surface area (Å²) >= 11 is 0. The lowest BCUT2D eigenvalue weighted by Crippen LogP contribution is -2.47. The first kappa shape index (κ1) is 12.7. The van der Waals surface area contributed by atoms with Crippen LogP contribution in [0.4, 0.5) is 4.79 Å². The third kappa shape index (κ3) is 2.92. The number of carbonyl (C=O) groups excluding carboxylic acids is 1. The van der Waals surface area contributed by atoms with Crippen molar-refractivity contribution in [1.29, 1.82) is 0 Å². The molecule has 0 aromatic rings. The molecule has 1 amide bonds. The highest BCUT2D eigenvalue weighted by atomic mass is 16.6. The molecule has 2 fully saturated rings. The third-order valence-electron chi connectivity index (χ3n) is 3.87. The topological polar surface area (TPSA) is 50.4 Å². The second kappa shape index (κ2) is 4.48. The van der Waals surface area contributed by atoms with Crippen molar-refractivity contribution in [3.05, 3.63) is 0 Å². The molecule has 0 radical (unpaired) electrons. The summed E-state index contributed by atoms with van der Waals surface area (Å²) in [6.07, 6.45) is 4.42. The highest BCUT2D eigenvalue weighted by Gasteiger charge is 2.45. The van der Waals surface area contributed by atoms with Gasteiger partial charge in [0.05, 0.1) is 0 Å². The second-order valence-corrected chi connectivity index (χ2v) is 6.38. The van der Waals surface area contributed by atoms with Gasteiger partial charge in [0.2, 0.25) is 0 Å². The van der Waals surface area contributed by atoms with E-state index < -0.39 is 5.60 Å². The summed E-state index contributed by atoms with van der Waals surface area (Å²) in [7, 11) is 0. The molecule has 2 rings (SSSR count). The molecular weight excluding hydrogens is 216 g/mol. The van der Waals surface area contributed by atoms with Crippen molar-refractivity contribution in [3.63, 3.8) is 0 Å². The normalized spacial score (nSPS) is 33.0. The lowest BCUT2D eigenvalue weighted by molar-refractivity contribution is 0.0467. The average Bonchev–Trinajstić information content (AvgIpc) is 2.76. The molecule has 0 aromatic heterocycles. The van der Waals surface area contributed by atoms with Gasteiger partial charge in [0, 0.05) is 18.0 Å². The van der Waals surface area contributed by atoms with E-state index in [0.717, 1.165) is 19.5 Å². The van der Waals surface area contributed by atoms with E-state index in [2.05, 4.69) is 10.6 Å². The minimum absolute atomic E-state index is 0.268. The zero-order valence-corrected chi connectivity index (χ0v) is 11.1. The smallest absolute Gasteiger partial charge is 0.407 e. The molecule has 0 aromatic carbocycles. The van der Waals surface area contributed by atoms with E-state index in [1.54, 1.807) is 0 Å². The molecule has 4 nitrogen and oxygen atoms in total. The van der Waals surface area contributed by atoms with Gasteiger partial charge < -0.3 is 15.4 Å². The first-order chi connectivity index (χ1) is 7.91. The van der Waals surface area contributed by atoms with Crippen molar-refractivity contribution in [2.75, 3.05) is 13.1 Å². The van der Waals surface area contributed by atoms with E-state index in [9.17, 15) is 4.79 Å². The Balaban J connectivity index is 1.92. The maximum absolute atomic E-state index is 11.8. The van der Waals surface area contributed by atoms with Crippen molar-refractivity contribution >= 4 is 6.09 Å². The quantitative estimate of drug-likeness (QED) is 0.737. The summed E-state index contributed by atoms with van der Waals surface area (Å²) in [5, 5.41) is 6.48. The van der Waals surface area contributed by atoms with Gasteiger partial charge in [-0.2, -0.15) is 0 Å². The fourth-order valence-electron chi connectivity index (χ4n) is 3.09. The van der Waals surface area contributed by atoms with Gasteiger partial charge in [-0.05, 0) is 46.6 Å². The van der Waals surface area contributed by atoms with Gasteiger partial charge in [0.15, 0.2) is 0 Å². The lowest BCUT2D eigenvalue weighted by atomic mass is 9.82. The van der Waals surface area contributed by atoms with Crippen LogP contribution in [-0.4, -0.2) is 30.8 Å². The summed E-state index contributed by atoms with van der Waals surface area (Å²) in [5.41, 5.74) is -0.124. The standard InChI is InChI=1S/C13H24N2O2/c1-12(2,3)17-11(16)15-10-5-4-6-13(10)7-8-14-9-13/h10,14H,4-9H2,1-3H3,(H,15,16)/t10-,13-/m1/s1. The Bertz CT molecular complexity index is 285. The van der Waals surface area contributed by atoms with Crippen LogP contribution >= 0.6 is 0 Å². The Morgan fingerprint density at radius 2 is 2.18 bits per heavy atom. The summed E-state index contributed by atoms with van der Waals surface area (Å²) in [6, 6.07) is 0.285. The van der Waals surface area contributed by atoms with E-state index in [0.29, 0.717) is 0 Å². The van der Waals surface area contributed by atoms with Gasteiger partial charge in [-0.25, -0.2) is 4.79 Å². The molecule has 17 heavy (non-hydrogen) atoms. The minimum Gasteiger partial charge on any atom is -0.444 e. The number of alkyl carbamates (subject to hydrolysis) is 1. The molecular formula is C13H24N2O2. The Labute approximate surface area is 103 Å². The monoisotopic (exact) mass is 240 g/mol. The molecule has 1 spiro atoms. The highest BCUT2D eigenvalue weighted by molar-refractivity contribution is 5.68. The fourth-order valence-corrected chi connectivity index (χ4v) is 3.09. The first-order valence-corrected chi connectivity index (χ1v) is 6.62. The molecule has 1 aliphatic heterocycles. The Morgan fingerprint density at radius 3 is 2.76 bits per heavy atom. The predicted octanol–water partition coefficient (Wildman–Crippen LogP) is 2.04. The van der Waals surface area contributed by atoms with Crippen molar-refractivity contribution in [1.82, 2.24) is 10.6 Å². The van der Waals surface area contributed by atoms with Crippen LogP contribution in [0.2, 0.25) is 0 Å². The van der Waals surface area contributed by atoms with Crippen LogP contribution in [0.15, 0.2) is 0 Å². The molecule has 4 heteroatoms. The third-order valence-corrected chi connectivity index (χ3v) is 3.87. The second-order valence-electron chi connectivity index (χ2n) is 6.38. The van der Waals surface area contributed by atoms with Crippen LogP contribution in [0.5, 0.6) is 0 Å². The van der Waals surface area contributed by atoms with Crippen LogP contribution in [0.25, 0.3) is 0 Å². The van der Waals surface area contributed by atoms with Gasteiger partial charge in [-0.1, -0.05) is 6.42 Å². The largest absolute Gasteiger partial charge is 0.444 e. The van der Waals surface area contributed by atoms with E-state index in [-0.39, 0.29) is 17.6 Å². The van der Waals surface area contributed by atoms with Gasteiger partial charge in [-0.3, -0.25) is 0 Å². The summed E-state index contributed by atoms with van der Waals surface area (Å²) in [4.78, 5) is 11.8. The maximum Gasteiger partial charge on any atom is 0.407 e. The molecule has 1 saturated heterocycles. The first-order valence-electron chi connectivity index (χ1n) is 6.62. The van der Waals surface area contributed by atoms with Crippen LogP contribution in [0, 0.1) is 5.41 Å². The van der Waals surface area contributed by atoms with Crippen molar-refractivity contribution in [2.45, 2.75) is 58.1 Å². The van der Waals surface area contributed by atoms with Crippen LogP contribution in [0.3, 0.4) is 0 Å². The Hall–Kier alpha value is -0.770. The maximum atomic E-state index is 11.8. The summed E-state index contributed by atoms with van der Waals surface area (Å²) in [5.74, 6) is 0. The van der Waals surface area contributed by atoms with Crippen molar-refractivity contribution < 1.29 is 9.53 Å². The molecule has 98 valence electrons. The zero-order valence-electron chi connectivity index (χ0n) is 11.1. The number of hydrogen-bond donors (Lipinski definition) is 2. The van der Waals surface area contributed by atoms with Gasteiger partial charge in [0.25, 0.3) is 0 Å². The molecule has 0 bridgehead atoms. The molecule has 2 N–H and O–H groups in total. The van der Waals surface area contributed by atoms with Gasteiger partial charge >= 0.3 is 6.09 Å². The number of hydrogen-bond acceptors (Lipinski definition) is 3. The molecule has 2 atom stereocenters. The van der Waals surface area contributed by atoms with Crippen LogP contribution in [0.1, 0.15) is 46.5 Å². The van der Waals surface area contributed by atoms with Gasteiger partial charge in [-0.15, -0.1) is 0 Å². The van der Waals surface area contributed by atoms with Crippen LogP contribution in [-0.2, 0) is 4.74 Å². The molecule has 1 heterocycles. The SMILES string of the molecule is CC(C)(C)OC(=O)N[C@@H]1CCC[C@]12CCNC2. The number of rotatable bonds is 1.